The van der Waals surface area contributed by atoms with Crippen LogP contribution in [-0.4, -0.2) is 40.9 Å². The van der Waals surface area contributed by atoms with Crippen molar-refractivity contribution in [1.29, 1.82) is 0 Å². The van der Waals surface area contributed by atoms with Gasteiger partial charge in [-0.3, -0.25) is 0 Å². The van der Waals surface area contributed by atoms with Crippen LogP contribution in [0, 0.1) is 0 Å². The Hall–Kier alpha value is -2.05. The first-order valence-electron chi connectivity index (χ1n) is 8.24. The molecule has 25 heavy (non-hydrogen) atoms. The van der Waals surface area contributed by atoms with Crippen LogP contribution < -0.4 is 0 Å². The number of aliphatic hydroxyl groups excluding tert-OH is 2. The van der Waals surface area contributed by atoms with Crippen molar-refractivity contribution in [2.45, 2.75) is 44.6 Å². The number of carbonyl (C=O) groups is 1. The molecule has 0 radical (unpaired) electrons. The average molecular weight is 344 g/mol. The Morgan fingerprint density at radius 3 is 1.80 bits per heavy atom. The molecule has 0 saturated heterocycles. The first-order valence-corrected chi connectivity index (χ1v) is 8.24. The predicted octanol–water partition coefficient (Wildman–Crippen LogP) is 2.10. The molecule has 0 heterocycles. The summed E-state index contributed by atoms with van der Waals surface area (Å²) >= 11 is 0. The van der Waals surface area contributed by atoms with Gasteiger partial charge in [-0.2, -0.15) is 0 Å². The number of carbonyl (C=O) groups excluding carboxylic acids is 1. The third-order valence-electron chi connectivity index (χ3n) is 3.86. The van der Waals surface area contributed by atoms with Crippen molar-refractivity contribution in [3.8, 4) is 0 Å². The summed E-state index contributed by atoms with van der Waals surface area (Å²) in [6, 6.07) is 18.8. The first kappa shape index (κ1) is 19.3. The van der Waals surface area contributed by atoms with Gasteiger partial charge in [0.15, 0.2) is 6.29 Å². The molecule has 0 aromatic heterocycles. The SMILES string of the molecule is C[C@@H](O)[C@H](O)[C@H](OCc1ccccc1)[C@H](C=O)OCc1ccccc1. The molecule has 0 spiro atoms. The largest absolute Gasteiger partial charge is 0.391 e. The zero-order chi connectivity index (χ0) is 18.1. The monoisotopic (exact) mass is 344 g/mol. The predicted molar refractivity (Wildman–Crippen MR) is 93.8 cm³/mol. The Morgan fingerprint density at radius 1 is 0.880 bits per heavy atom. The summed E-state index contributed by atoms with van der Waals surface area (Å²) in [5, 5.41) is 20.0. The van der Waals surface area contributed by atoms with Crippen molar-refractivity contribution < 1.29 is 24.5 Å². The summed E-state index contributed by atoms with van der Waals surface area (Å²) < 4.78 is 11.4. The van der Waals surface area contributed by atoms with Crippen LogP contribution in [0.15, 0.2) is 60.7 Å². The van der Waals surface area contributed by atoms with E-state index in [9.17, 15) is 15.0 Å². The molecule has 0 aliphatic rings. The molecule has 2 rings (SSSR count). The summed E-state index contributed by atoms with van der Waals surface area (Å²) in [4.78, 5) is 11.5. The molecule has 5 nitrogen and oxygen atoms in total. The van der Waals surface area contributed by atoms with E-state index in [2.05, 4.69) is 0 Å². The number of aldehydes is 1. The zero-order valence-electron chi connectivity index (χ0n) is 14.2. The van der Waals surface area contributed by atoms with Gasteiger partial charge in [0.1, 0.15) is 18.3 Å². The molecular formula is C20H24O5. The summed E-state index contributed by atoms with van der Waals surface area (Å²) in [6.07, 6.45) is -3.65. The Bertz CT molecular complexity index is 614. The molecule has 0 saturated carbocycles. The zero-order valence-corrected chi connectivity index (χ0v) is 14.2. The summed E-state index contributed by atoms with van der Waals surface area (Å²) in [5.41, 5.74) is 1.81. The molecular weight excluding hydrogens is 320 g/mol. The maximum atomic E-state index is 11.5. The van der Waals surface area contributed by atoms with Gasteiger partial charge in [0.05, 0.1) is 19.3 Å². The van der Waals surface area contributed by atoms with Crippen molar-refractivity contribution in [1.82, 2.24) is 0 Å². The second kappa shape index (κ2) is 10.1. The number of rotatable bonds is 10. The van der Waals surface area contributed by atoms with Crippen LogP contribution in [0.4, 0.5) is 0 Å². The van der Waals surface area contributed by atoms with Gasteiger partial charge in [-0.25, -0.2) is 0 Å². The Kier molecular flexibility index (Phi) is 7.76. The molecule has 0 aliphatic carbocycles. The van der Waals surface area contributed by atoms with E-state index in [0.717, 1.165) is 11.1 Å². The van der Waals surface area contributed by atoms with Crippen LogP contribution in [0.25, 0.3) is 0 Å². The van der Waals surface area contributed by atoms with Crippen LogP contribution >= 0.6 is 0 Å². The summed E-state index contributed by atoms with van der Waals surface area (Å²) in [6.45, 7) is 1.86. The second-order valence-electron chi connectivity index (χ2n) is 5.89. The molecule has 2 N–H and O–H groups in total. The molecule has 2 aromatic rings. The van der Waals surface area contributed by atoms with E-state index in [1.54, 1.807) is 0 Å². The van der Waals surface area contributed by atoms with Crippen LogP contribution in [0.2, 0.25) is 0 Å². The van der Waals surface area contributed by atoms with E-state index in [-0.39, 0.29) is 13.2 Å². The highest BCUT2D eigenvalue weighted by atomic mass is 16.6. The minimum Gasteiger partial charge on any atom is -0.391 e. The van der Waals surface area contributed by atoms with E-state index in [1.807, 2.05) is 60.7 Å². The summed E-state index contributed by atoms with van der Waals surface area (Å²) in [5.74, 6) is 0. The maximum absolute atomic E-state index is 11.5. The van der Waals surface area contributed by atoms with Gasteiger partial charge in [0.2, 0.25) is 0 Å². The fourth-order valence-electron chi connectivity index (χ4n) is 2.41. The third-order valence-corrected chi connectivity index (χ3v) is 3.86. The van der Waals surface area contributed by atoms with Gasteiger partial charge >= 0.3 is 0 Å². The van der Waals surface area contributed by atoms with Crippen molar-refractivity contribution in [3.05, 3.63) is 71.8 Å². The van der Waals surface area contributed by atoms with Crippen molar-refractivity contribution in [2.24, 2.45) is 0 Å². The van der Waals surface area contributed by atoms with E-state index in [1.165, 1.54) is 6.92 Å². The fraction of sp³-hybridized carbons (Fsp3) is 0.350. The third kappa shape index (κ3) is 6.07. The van der Waals surface area contributed by atoms with Gasteiger partial charge in [-0.1, -0.05) is 60.7 Å². The summed E-state index contributed by atoms with van der Waals surface area (Å²) in [7, 11) is 0. The lowest BCUT2D eigenvalue weighted by atomic mass is 10.0. The minimum absolute atomic E-state index is 0.203. The van der Waals surface area contributed by atoms with Gasteiger partial charge < -0.3 is 24.5 Å². The van der Waals surface area contributed by atoms with E-state index in [0.29, 0.717) is 6.29 Å². The number of aliphatic hydroxyl groups is 2. The second-order valence-corrected chi connectivity index (χ2v) is 5.89. The number of hydrogen-bond acceptors (Lipinski definition) is 5. The fourth-order valence-corrected chi connectivity index (χ4v) is 2.41. The molecule has 0 bridgehead atoms. The van der Waals surface area contributed by atoms with Crippen LogP contribution in [0.1, 0.15) is 18.1 Å². The number of benzene rings is 2. The molecule has 0 fully saturated rings. The van der Waals surface area contributed by atoms with E-state index < -0.39 is 24.4 Å². The highest BCUT2D eigenvalue weighted by Gasteiger charge is 2.33. The van der Waals surface area contributed by atoms with Crippen LogP contribution in [0.5, 0.6) is 0 Å². The van der Waals surface area contributed by atoms with Crippen LogP contribution in [-0.2, 0) is 27.5 Å². The van der Waals surface area contributed by atoms with E-state index in [4.69, 9.17) is 9.47 Å². The van der Waals surface area contributed by atoms with Crippen molar-refractivity contribution >= 4 is 6.29 Å². The Labute approximate surface area is 147 Å². The lowest BCUT2D eigenvalue weighted by Gasteiger charge is -2.29. The van der Waals surface area contributed by atoms with Gasteiger partial charge in [-0.05, 0) is 18.1 Å². The smallest absolute Gasteiger partial charge is 0.151 e. The van der Waals surface area contributed by atoms with Gasteiger partial charge in [-0.15, -0.1) is 0 Å². The van der Waals surface area contributed by atoms with Crippen molar-refractivity contribution in [3.63, 3.8) is 0 Å². The normalized spacial score (nSPS) is 16.0. The highest BCUT2D eigenvalue weighted by Crippen LogP contribution is 2.16. The van der Waals surface area contributed by atoms with Crippen LogP contribution in [0.3, 0.4) is 0 Å². The molecule has 0 aliphatic heterocycles. The van der Waals surface area contributed by atoms with Crippen molar-refractivity contribution in [2.75, 3.05) is 0 Å². The number of hydrogen-bond donors (Lipinski definition) is 2. The molecule has 5 heteroatoms. The molecule has 4 atom stereocenters. The highest BCUT2D eigenvalue weighted by molar-refractivity contribution is 5.57. The standard InChI is InChI=1S/C20H24O5/c1-15(22)19(23)20(25-14-17-10-6-3-7-11-17)18(12-21)24-13-16-8-4-2-5-9-16/h2-12,15,18-20,22-23H,13-14H2,1H3/t15-,18+,19+,20-/m1/s1. The minimum atomic E-state index is -1.24. The average Bonchev–Trinajstić information content (AvgIpc) is 2.65. The van der Waals surface area contributed by atoms with Gasteiger partial charge in [0.25, 0.3) is 0 Å². The Morgan fingerprint density at radius 2 is 1.36 bits per heavy atom. The quantitative estimate of drug-likeness (QED) is 0.646. The molecule has 134 valence electrons. The molecule has 2 aromatic carbocycles. The lowest BCUT2D eigenvalue weighted by Crippen LogP contribution is -2.47. The lowest BCUT2D eigenvalue weighted by molar-refractivity contribution is -0.160. The molecule has 0 unspecified atom stereocenters. The first-order chi connectivity index (χ1) is 12.1. The van der Waals surface area contributed by atoms with E-state index >= 15 is 0 Å². The maximum Gasteiger partial charge on any atom is 0.151 e. The Balaban J connectivity index is 2.04. The topological polar surface area (TPSA) is 76.0 Å². The van der Waals surface area contributed by atoms with Gasteiger partial charge in [0, 0.05) is 0 Å². The molecule has 0 amide bonds. The number of ether oxygens (including phenoxy) is 2.